The van der Waals surface area contributed by atoms with Crippen molar-refractivity contribution in [2.45, 2.75) is 20.0 Å². The SMILES string of the molecule is Cc1cn(Cc2ccc(F)cc2)c(=O)c2c(O)c3n(c12)CCN(C)C3=O. The van der Waals surface area contributed by atoms with E-state index in [2.05, 4.69) is 0 Å². The van der Waals surface area contributed by atoms with E-state index in [0.717, 1.165) is 11.1 Å². The summed E-state index contributed by atoms with van der Waals surface area (Å²) in [5.41, 5.74) is 1.95. The first-order chi connectivity index (χ1) is 12.4. The Labute approximate surface area is 148 Å². The van der Waals surface area contributed by atoms with E-state index in [1.807, 2.05) is 6.92 Å². The van der Waals surface area contributed by atoms with Crippen LogP contribution in [0.25, 0.3) is 10.9 Å². The summed E-state index contributed by atoms with van der Waals surface area (Å²) in [5.74, 6) is -0.903. The topological polar surface area (TPSA) is 67.5 Å². The molecular formula is C19H18FN3O3. The van der Waals surface area contributed by atoms with E-state index in [1.54, 1.807) is 29.9 Å². The van der Waals surface area contributed by atoms with Crippen LogP contribution in [0.4, 0.5) is 4.39 Å². The van der Waals surface area contributed by atoms with Crippen LogP contribution in [0.1, 0.15) is 21.6 Å². The van der Waals surface area contributed by atoms with Gasteiger partial charge in [-0.25, -0.2) is 4.39 Å². The zero-order valence-electron chi connectivity index (χ0n) is 14.5. The fraction of sp³-hybridized carbons (Fsp3) is 0.263. The second kappa shape index (κ2) is 5.72. The number of pyridine rings is 1. The zero-order valence-corrected chi connectivity index (χ0v) is 14.5. The van der Waals surface area contributed by atoms with E-state index in [0.29, 0.717) is 18.6 Å². The van der Waals surface area contributed by atoms with Crippen LogP contribution in [0, 0.1) is 12.7 Å². The Morgan fingerprint density at radius 3 is 2.54 bits per heavy atom. The number of hydrogen-bond acceptors (Lipinski definition) is 3. The third-order valence-electron chi connectivity index (χ3n) is 4.91. The van der Waals surface area contributed by atoms with Crippen molar-refractivity contribution in [3.05, 3.63) is 63.5 Å². The highest BCUT2D eigenvalue weighted by molar-refractivity contribution is 6.04. The fourth-order valence-electron chi connectivity index (χ4n) is 3.59. The second-order valence-electron chi connectivity index (χ2n) is 6.67. The van der Waals surface area contributed by atoms with Gasteiger partial charge in [0.1, 0.15) is 11.2 Å². The number of aryl methyl sites for hydroxylation is 1. The van der Waals surface area contributed by atoms with Crippen molar-refractivity contribution in [2.75, 3.05) is 13.6 Å². The van der Waals surface area contributed by atoms with Crippen LogP contribution in [0.15, 0.2) is 35.3 Å². The molecule has 1 aliphatic heterocycles. The first kappa shape index (κ1) is 16.4. The smallest absolute Gasteiger partial charge is 0.274 e. The van der Waals surface area contributed by atoms with Gasteiger partial charge >= 0.3 is 0 Å². The number of fused-ring (bicyclic) bond motifs is 3. The van der Waals surface area contributed by atoms with Gasteiger partial charge in [-0.3, -0.25) is 9.59 Å². The number of aromatic hydroxyl groups is 1. The summed E-state index contributed by atoms with van der Waals surface area (Å²) in [7, 11) is 1.67. The number of halogens is 1. The van der Waals surface area contributed by atoms with E-state index in [-0.39, 0.29) is 40.7 Å². The maximum Gasteiger partial charge on any atom is 0.274 e. The van der Waals surface area contributed by atoms with Crippen LogP contribution >= 0.6 is 0 Å². The Bertz CT molecular complexity index is 1100. The molecule has 0 atom stereocenters. The van der Waals surface area contributed by atoms with Crippen LogP contribution in [-0.2, 0) is 13.1 Å². The fourth-order valence-corrected chi connectivity index (χ4v) is 3.59. The molecular weight excluding hydrogens is 337 g/mol. The minimum Gasteiger partial charge on any atom is -0.505 e. The summed E-state index contributed by atoms with van der Waals surface area (Å²) in [4.78, 5) is 26.9. The molecule has 3 aromatic rings. The average molecular weight is 355 g/mol. The highest BCUT2D eigenvalue weighted by Crippen LogP contribution is 2.34. The lowest BCUT2D eigenvalue weighted by molar-refractivity contribution is 0.0747. The summed E-state index contributed by atoms with van der Waals surface area (Å²) in [6, 6.07) is 5.92. The molecule has 1 N–H and O–H groups in total. The van der Waals surface area contributed by atoms with Gasteiger partial charge in [-0.15, -0.1) is 0 Å². The highest BCUT2D eigenvalue weighted by Gasteiger charge is 2.31. The van der Waals surface area contributed by atoms with Gasteiger partial charge in [-0.2, -0.15) is 0 Å². The van der Waals surface area contributed by atoms with Gasteiger partial charge in [-0.1, -0.05) is 12.1 Å². The second-order valence-corrected chi connectivity index (χ2v) is 6.67. The molecule has 0 saturated carbocycles. The van der Waals surface area contributed by atoms with Crippen LogP contribution in [0.5, 0.6) is 5.75 Å². The molecule has 3 heterocycles. The van der Waals surface area contributed by atoms with Crippen LogP contribution in [-0.4, -0.2) is 38.6 Å². The number of amides is 1. The minimum absolute atomic E-state index is 0.158. The van der Waals surface area contributed by atoms with Crippen molar-refractivity contribution in [2.24, 2.45) is 0 Å². The molecule has 0 unspecified atom stereocenters. The average Bonchev–Trinajstić information content (AvgIpc) is 2.92. The molecule has 7 heteroatoms. The lowest BCUT2D eigenvalue weighted by atomic mass is 10.2. The number of benzene rings is 1. The van der Waals surface area contributed by atoms with E-state index < -0.39 is 0 Å². The summed E-state index contributed by atoms with van der Waals surface area (Å²) < 4.78 is 16.3. The van der Waals surface area contributed by atoms with E-state index in [4.69, 9.17) is 0 Å². The van der Waals surface area contributed by atoms with Gasteiger partial charge in [0, 0.05) is 26.3 Å². The summed E-state index contributed by atoms with van der Waals surface area (Å²) in [6.45, 7) is 3.15. The van der Waals surface area contributed by atoms with E-state index >= 15 is 0 Å². The van der Waals surface area contributed by atoms with Gasteiger partial charge in [0.25, 0.3) is 11.5 Å². The maximum absolute atomic E-state index is 13.1. The number of likely N-dealkylation sites (N-methyl/N-ethyl adjacent to an activating group) is 1. The lowest BCUT2D eigenvalue weighted by Gasteiger charge is -2.25. The highest BCUT2D eigenvalue weighted by atomic mass is 19.1. The summed E-state index contributed by atoms with van der Waals surface area (Å²) in [6.07, 6.45) is 1.71. The van der Waals surface area contributed by atoms with Crippen molar-refractivity contribution in [1.82, 2.24) is 14.0 Å². The first-order valence-electron chi connectivity index (χ1n) is 8.33. The number of carbonyl (C=O) groups excluding carboxylic acids is 1. The number of carbonyl (C=O) groups is 1. The number of nitrogens with zero attached hydrogens (tertiary/aromatic N) is 3. The Balaban J connectivity index is 1.92. The Morgan fingerprint density at radius 1 is 1.15 bits per heavy atom. The largest absolute Gasteiger partial charge is 0.505 e. The Kier molecular flexibility index (Phi) is 3.61. The molecule has 0 bridgehead atoms. The monoisotopic (exact) mass is 355 g/mol. The molecule has 134 valence electrons. The molecule has 0 radical (unpaired) electrons. The lowest BCUT2D eigenvalue weighted by Crippen LogP contribution is -2.37. The molecule has 0 fully saturated rings. The van der Waals surface area contributed by atoms with Gasteiger partial charge in [0.15, 0.2) is 11.4 Å². The molecule has 0 spiro atoms. The molecule has 1 aliphatic rings. The van der Waals surface area contributed by atoms with Gasteiger partial charge < -0.3 is 19.1 Å². The van der Waals surface area contributed by atoms with Gasteiger partial charge in [0.2, 0.25) is 0 Å². The summed E-state index contributed by atoms with van der Waals surface area (Å²) in [5, 5.41) is 10.8. The number of rotatable bonds is 2. The van der Waals surface area contributed by atoms with E-state index in [1.165, 1.54) is 21.6 Å². The maximum atomic E-state index is 13.1. The van der Waals surface area contributed by atoms with Gasteiger partial charge in [-0.05, 0) is 30.2 Å². The number of hydrogen-bond donors (Lipinski definition) is 1. The molecule has 26 heavy (non-hydrogen) atoms. The predicted molar refractivity (Wildman–Crippen MR) is 95.1 cm³/mol. The van der Waals surface area contributed by atoms with Crippen molar-refractivity contribution < 1.29 is 14.3 Å². The number of aromatic nitrogens is 2. The van der Waals surface area contributed by atoms with Crippen molar-refractivity contribution in [3.63, 3.8) is 0 Å². The predicted octanol–water partition coefficient (Wildman–Crippen LogP) is 2.09. The molecule has 1 aromatic carbocycles. The van der Waals surface area contributed by atoms with Crippen LogP contribution < -0.4 is 5.56 Å². The minimum atomic E-state index is -0.371. The summed E-state index contributed by atoms with van der Waals surface area (Å²) >= 11 is 0. The van der Waals surface area contributed by atoms with Crippen molar-refractivity contribution in [3.8, 4) is 5.75 Å². The molecule has 0 saturated heterocycles. The first-order valence-corrected chi connectivity index (χ1v) is 8.33. The molecule has 1 amide bonds. The van der Waals surface area contributed by atoms with Gasteiger partial charge in [0.05, 0.1) is 12.1 Å². The normalized spacial score (nSPS) is 14.1. The molecule has 4 rings (SSSR count). The quantitative estimate of drug-likeness (QED) is 0.765. The van der Waals surface area contributed by atoms with E-state index in [9.17, 15) is 19.1 Å². The zero-order chi connectivity index (χ0) is 18.6. The molecule has 2 aromatic heterocycles. The van der Waals surface area contributed by atoms with Crippen LogP contribution in [0.3, 0.4) is 0 Å². The molecule has 6 nitrogen and oxygen atoms in total. The third-order valence-corrected chi connectivity index (χ3v) is 4.91. The Morgan fingerprint density at radius 2 is 1.85 bits per heavy atom. The van der Waals surface area contributed by atoms with Crippen molar-refractivity contribution >= 4 is 16.8 Å². The molecule has 0 aliphatic carbocycles. The van der Waals surface area contributed by atoms with Crippen LogP contribution in [0.2, 0.25) is 0 Å². The van der Waals surface area contributed by atoms with Crippen molar-refractivity contribution in [1.29, 1.82) is 0 Å². The third kappa shape index (κ3) is 2.31. The standard InChI is InChI=1S/C19H18FN3O3/c1-11-9-22(10-12-3-5-13(20)6-4-12)18(25)14-15(11)23-8-7-21(2)19(26)16(23)17(14)24/h3-6,9,24H,7-8,10H2,1-2H3. The Hall–Kier alpha value is -3.09.